The third kappa shape index (κ3) is 3.62. The van der Waals surface area contributed by atoms with Crippen LogP contribution in [0.1, 0.15) is 28.7 Å². The lowest BCUT2D eigenvalue weighted by atomic mass is 9.96. The molecule has 1 aliphatic rings. The molecule has 0 radical (unpaired) electrons. The van der Waals surface area contributed by atoms with E-state index in [1.165, 1.54) is 27.8 Å². The van der Waals surface area contributed by atoms with Crippen molar-refractivity contribution in [3.8, 4) is 0 Å². The Hall–Kier alpha value is -1.86. The summed E-state index contributed by atoms with van der Waals surface area (Å²) in [6, 6.07) is 17.6. The van der Waals surface area contributed by atoms with Gasteiger partial charge in [0, 0.05) is 19.6 Å². The molecule has 0 unspecified atom stereocenters. The summed E-state index contributed by atoms with van der Waals surface area (Å²) in [4.78, 5) is 2.52. The zero-order valence-electron chi connectivity index (χ0n) is 13.0. The van der Waals surface area contributed by atoms with E-state index in [1.807, 2.05) is 0 Å². The summed E-state index contributed by atoms with van der Waals surface area (Å²) in [7, 11) is 0. The van der Waals surface area contributed by atoms with Crippen LogP contribution in [0, 0.1) is 13.8 Å². The van der Waals surface area contributed by atoms with Gasteiger partial charge in [-0.3, -0.25) is 4.90 Å². The lowest BCUT2D eigenvalue weighted by molar-refractivity contribution is 0.294. The third-order valence-electron chi connectivity index (χ3n) is 4.13. The molecule has 0 saturated heterocycles. The molecule has 1 nitrogen and oxygen atoms in total. The van der Waals surface area contributed by atoms with Crippen LogP contribution in [-0.4, -0.2) is 18.0 Å². The summed E-state index contributed by atoms with van der Waals surface area (Å²) in [6.45, 7) is 7.62. The topological polar surface area (TPSA) is 3.24 Å². The van der Waals surface area contributed by atoms with Gasteiger partial charge in [-0.2, -0.15) is 0 Å². The van der Waals surface area contributed by atoms with E-state index in [1.54, 1.807) is 0 Å². The smallest absolute Gasteiger partial charge is 0.0237 e. The molecule has 0 aromatic heterocycles. The molecule has 0 aliphatic carbocycles. The predicted molar refractivity (Wildman–Crippen MR) is 90.2 cm³/mol. The Balaban J connectivity index is 1.69. The summed E-state index contributed by atoms with van der Waals surface area (Å²) in [5.74, 6) is 0. The monoisotopic (exact) mass is 277 g/mol. The highest BCUT2D eigenvalue weighted by Gasteiger charge is 2.13. The van der Waals surface area contributed by atoms with E-state index in [-0.39, 0.29) is 0 Å². The van der Waals surface area contributed by atoms with Crippen LogP contribution >= 0.6 is 0 Å². The molecule has 0 fully saturated rings. The van der Waals surface area contributed by atoms with Gasteiger partial charge in [0.2, 0.25) is 0 Å². The minimum absolute atomic E-state index is 1.05. The maximum Gasteiger partial charge on any atom is 0.0237 e. The van der Waals surface area contributed by atoms with Crippen LogP contribution in [0.15, 0.2) is 54.6 Å². The van der Waals surface area contributed by atoms with Gasteiger partial charge in [0.1, 0.15) is 0 Å². The number of hydrogen-bond acceptors (Lipinski definition) is 1. The van der Waals surface area contributed by atoms with E-state index in [9.17, 15) is 0 Å². The number of hydrogen-bond donors (Lipinski definition) is 0. The molecule has 1 heterocycles. The molecule has 0 saturated carbocycles. The van der Waals surface area contributed by atoms with Crippen molar-refractivity contribution in [3.63, 3.8) is 0 Å². The molecule has 1 heteroatoms. The Labute approximate surface area is 127 Å². The molecule has 1 aliphatic heterocycles. The van der Waals surface area contributed by atoms with E-state index in [4.69, 9.17) is 0 Å². The fourth-order valence-electron chi connectivity index (χ4n) is 3.12. The van der Waals surface area contributed by atoms with Crippen LogP contribution in [0.2, 0.25) is 0 Å². The van der Waals surface area contributed by atoms with E-state index in [2.05, 4.69) is 73.4 Å². The van der Waals surface area contributed by atoms with E-state index in [0.717, 1.165) is 26.1 Å². The van der Waals surface area contributed by atoms with Crippen LogP contribution in [0.3, 0.4) is 0 Å². The number of nitrogens with zero attached hydrogens (tertiary/aromatic N) is 1. The molecular formula is C20H23N. The molecule has 0 bridgehead atoms. The fraction of sp³-hybridized carbons (Fsp3) is 0.300. The molecule has 0 spiro atoms. The number of benzene rings is 2. The van der Waals surface area contributed by atoms with Crippen molar-refractivity contribution in [2.75, 3.05) is 13.1 Å². The third-order valence-corrected chi connectivity index (χ3v) is 4.13. The highest BCUT2D eigenvalue weighted by atomic mass is 15.1. The van der Waals surface area contributed by atoms with Gasteiger partial charge in [-0.05, 0) is 37.0 Å². The Morgan fingerprint density at radius 1 is 0.952 bits per heavy atom. The Morgan fingerprint density at radius 3 is 2.29 bits per heavy atom. The molecule has 0 atom stereocenters. The normalized spacial score (nSPS) is 15.8. The zero-order chi connectivity index (χ0) is 14.7. The van der Waals surface area contributed by atoms with Crippen molar-refractivity contribution in [1.82, 2.24) is 4.90 Å². The molecule has 0 amide bonds. The van der Waals surface area contributed by atoms with Gasteiger partial charge >= 0.3 is 0 Å². The lowest BCUT2D eigenvalue weighted by Gasteiger charge is -2.26. The Kier molecular flexibility index (Phi) is 4.21. The van der Waals surface area contributed by atoms with Gasteiger partial charge in [-0.25, -0.2) is 0 Å². The largest absolute Gasteiger partial charge is 0.295 e. The first-order valence-electron chi connectivity index (χ1n) is 7.75. The van der Waals surface area contributed by atoms with Gasteiger partial charge in [-0.15, -0.1) is 0 Å². The lowest BCUT2D eigenvalue weighted by Crippen LogP contribution is -2.28. The summed E-state index contributed by atoms with van der Waals surface area (Å²) >= 11 is 0. The van der Waals surface area contributed by atoms with Crippen molar-refractivity contribution < 1.29 is 0 Å². The van der Waals surface area contributed by atoms with Crippen LogP contribution in [0.5, 0.6) is 0 Å². The van der Waals surface area contributed by atoms with Gasteiger partial charge in [0.05, 0.1) is 0 Å². The van der Waals surface area contributed by atoms with Crippen molar-refractivity contribution in [1.29, 1.82) is 0 Å². The van der Waals surface area contributed by atoms with Crippen molar-refractivity contribution in [2.24, 2.45) is 0 Å². The Morgan fingerprint density at radius 2 is 1.67 bits per heavy atom. The van der Waals surface area contributed by atoms with Crippen molar-refractivity contribution >= 4 is 5.57 Å². The second-order valence-electron chi connectivity index (χ2n) is 6.08. The second-order valence-corrected chi connectivity index (χ2v) is 6.08. The fourth-order valence-corrected chi connectivity index (χ4v) is 3.12. The predicted octanol–water partition coefficient (Wildman–Crippen LogP) is 4.59. The van der Waals surface area contributed by atoms with Crippen molar-refractivity contribution in [3.05, 3.63) is 76.9 Å². The van der Waals surface area contributed by atoms with Gasteiger partial charge < -0.3 is 0 Å². The molecule has 21 heavy (non-hydrogen) atoms. The Bertz CT molecular complexity index is 620. The summed E-state index contributed by atoms with van der Waals surface area (Å²) in [5.41, 5.74) is 7.04. The standard InChI is InChI=1S/C20H23N/c1-16-12-17(2)14-20(13-16)19-8-10-21(11-9-19)15-18-6-4-3-5-7-18/h3-8,12-14H,9-11,15H2,1-2H3. The van der Waals surface area contributed by atoms with E-state index in [0.29, 0.717) is 0 Å². The number of rotatable bonds is 3. The van der Waals surface area contributed by atoms with Gasteiger partial charge in [0.15, 0.2) is 0 Å². The SMILES string of the molecule is Cc1cc(C)cc(C2=CCN(Cc3ccccc3)CC2)c1. The highest BCUT2D eigenvalue weighted by molar-refractivity contribution is 5.67. The van der Waals surface area contributed by atoms with E-state index < -0.39 is 0 Å². The minimum atomic E-state index is 1.05. The molecule has 2 aromatic rings. The molecule has 3 rings (SSSR count). The molecule has 108 valence electrons. The average molecular weight is 277 g/mol. The summed E-state index contributed by atoms with van der Waals surface area (Å²) in [5, 5.41) is 0. The van der Waals surface area contributed by atoms with Gasteiger partial charge in [-0.1, -0.05) is 65.7 Å². The van der Waals surface area contributed by atoms with Crippen LogP contribution in [0.25, 0.3) is 5.57 Å². The first-order chi connectivity index (χ1) is 10.2. The van der Waals surface area contributed by atoms with E-state index >= 15 is 0 Å². The first kappa shape index (κ1) is 14.1. The maximum absolute atomic E-state index is 2.52. The average Bonchev–Trinajstić information content (AvgIpc) is 2.48. The van der Waals surface area contributed by atoms with Crippen molar-refractivity contribution in [2.45, 2.75) is 26.8 Å². The van der Waals surface area contributed by atoms with Crippen LogP contribution in [-0.2, 0) is 6.54 Å². The minimum Gasteiger partial charge on any atom is -0.295 e. The van der Waals surface area contributed by atoms with Crippen LogP contribution < -0.4 is 0 Å². The highest BCUT2D eigenvalue weighted by Crippen LogP contribution is 2.25. The van der Waals surface area contributed by atoms with Gasteiger partial charge in [0.25, 0.3) is 0 Å². The quantitative estimate of drug-likeness (QED) is 0.793. The summed E-state index contributed by atoms with van der Waals surface area (Å²) in [6.07, 6.45) is 3.55. The zero-order valence-corrected chi connectivity index (χ0v) is 13.0. The molecule has 2 aromatic carbocycles. The number of aryl methyl sites for hydroxylation is 2. The molecule has 0 N–H and O–H groups in total. The second kappa shape index (κ2) is 6.28. The van der Waals surface area contributed by atoms with Crippen LogP contribution in [0.4, 0.5) is 0 Å². The summed E-state index contributed by atoms with van der Waals surface area (Å²) < 4.78 is 0. The molecular weight excluding hydrogens is 254 g/mol. The maximum atomic E-state index is 2.52. The first-order valence-corrected chi connectivity index (χ1v) is 7.75.